The van der Waals surface area contributed by atoms with Crippen molar-refractivity contribution in [3.63, 3.8) is 0 Å². The van der Waals surface area contributed by atoms with Crippen LogP contribution in [0.15, 0.2) is 53.1 Å². The van der Waals surface area contributed by atoms with E-state index in [0.29, 0.717) is 23.7 Å². The summed E-state index contributed by atoms with van der Waals surface area (Å²) in [5, 5.41) is 8.46. The molecule has 0 unspecified atom stereocenters. The van der Waals surface area contributed by atoms with E-state index in [1.54, 1.807) is 24.0 Å². The largest absolute Gasteiger partial charge is 0.360 e. The molecule has 0 fully saturated rings. The van der Waals surface area contributed by atoms with E-state index in [4.69, 9.17) is 4.52 Å². The highest BCUT2D eigenvalue weighted by atomic mass is 16.5. The Morgan fingerprint density at radius 2 is 1.88 bits per heavy atom. The monoisotopic (exact) mass is 351 g/mol. The van der Waals surface area contributed by atoms with Crippen molar-refractivity contribution in [2.24, 2.45) is 0 Å². The maximum Gasteiger partial charge on any atom is 0.254 e. The van der Waals surface area contributed by atoms with Crippen molar-refractivity contribution in [2.75, 3.05) is 18.4 Å². The number of aryl methyl sites for hydroxylation is 1. The number of carbonyl (C=O) groups excluding carboxylic acids is 2. The van der Waals surface area contributed by atoms with E-state index in [-0.39, 0.29) is 18.4 Å². The van der Waals surface area contributed by atoms with Gasteiger partial charge in [-0.3, -0.25) is 9.59 Å². The number of anilines is 1. The number of carbonyl (C=O) groups is 2. The van der Waals surface area contributed by atoms with Gasteiger partial charge in [0.05, 0.1) is 0 Å². The van der Waals surface area contributed by atoms with Gasteiger partial charge >= 0.3 is 0 Å². The molecule has 0 saturated carbocycles. The molecule has 1 N–H and O–H groups in total. The van der Waals surface area contributed by atoms with Crippen LogP contribution >= 0.6 is 0 Å². The Morgan fingerprint density at radius 1 is 1.12 bits per heavy atom. The summed E-state index contributed by atoms with van der Waals surface area (Å²) in [7, 11) is 0. The van der Waals surface area contributed by atoms with Crippen LogP contribution in [0.2, 0.25) is 0 Å². The van der Waals surface area contributed by atoms with Gasteiger partial charge in [-0.25, -0.2) is 0 Å². The van der Waals surface area contributed by atoms with Crippen molar-refractivity contribution in [3.8, 4) is 0 Å². The van der Waals surface area contributed by atoms with Crippen LogP contribution < -0.4 is 5.32 Å². The van der Waals surface area contributed by atoms with Gasteiger partial charge < -0.3 is 14.7 Å². The first-order chi connectivity index (χ1) is 12.6. The van der Waals surface area contributed by atoms with Gasteiger partial charge in [0.15, 0.2) is 5.82 Å². The average molecular weight is 351 g/mol. The fourth-order valence-electron chi connectivity index (χ4n) is 2.81. The van der Waals surface area contributed by atoms with Gasteiger partial charge in [-0.05, 0) is 36.2 Å². The number of aromatic nitrogens is 1. The highest BCUT2D eigenvalue weighted by Gasteiger charge is 2.19. The van der Waals surface area contributed by atoms with Crippen LogP contribution in [0.5, 0.6) is 0 Å². The number of nitrogens with one attached hydrogen (secondary N) is 1. The zero-order valence-corrected chi connectivity index (χ0v) is 14.9. The van der Waals surface area contributed by atoms with Crippen LogP contribution in [-0.4, -0.2) is 35.0 Å². The molecule has 1 aromatic heterocycles. The fourth-order valence-corrected chi connectivity index (χ4v) is 2.81. The molecule has 0 atom stereocenters. The van der Waals surface area contributed by atoms with E-state index in [2.05, 4.69) is 10.5 Å². The summed E-state index contributed by atoms with van der Waals surface area (Å²) >= 11 is 0. The second kappa shape index (κ2) is 7.82. The minimum Gasteiger partial charge on any atom is -0.360 e. The molecule has 134 valence electrons. The first-order valence-electron chi connectivity index (χ1n) is 8.58. The van der Waals surface area contributed by atoms with E-state index >= 15 is 0 Å². The molecule has 2 amide bonds. The summed E-state index contributed by atoms with van der Waals surface area (Å²) in [5.74, 6) is 0.491. The SMILES string of the molecule is CCCN(CC(=O)Nc1cc(C)on1)C(=O)c1ccc2ccccc2c1. The van der Waals surface area contributed by atoms with Crippen molar-refractivity contribution in [2.45, 2.75) is 20.3 Å². The first kappa shape index (κ1) is 17.7. The topological polar surface area (TPSA) is 75.4 Å². The third kappa shape index (κ3) is 4.08. The van der Waals surface area contributed by atoms with Crippen LogP contribution in [0.25, 0.3) is 10.8 Å². The Hall–Kier alpha value is -3.15. The van der Waals surface area contributed by atoms with Crippen LogP contribution in [-0.2, 0) is 4.79 Å². The molecule has 0 bridgehead atoms. The number of amides is 2. The van der Waals surface area contributed by atoms with Gasteiger partial charge in [0, 0.05) is 18.2 Å². The van der Waals surface area contributed by atoms with Gasteiger partial charge in [-0.2, -0.15) is 0 Å². The molecular weight excluding hydrogens is 330 g/mol. The molecule has 3 aromatic rings. The Bertz CT molecular complexity index is 933. The van der Waals surface area contributed by atoms with Crippen LogP contribution in [0.1, 0.15) is 29.5 Å². The molecule has 26 heavy (non-hydrogen) atoms. The maximum atomic E-state index is 12.9. The fraction of sp³-hybridized carbons (Fsp3) is 0.250. The van der Waals surface area contributed by atoms with E-state index in [1.807, 2.05) is 43.3 Å². The molecule has 6 nitrogen and oxygen atoms in total. The van der Waals surface area contributed by atoms with E-state index in [1.165, 1.54) is 0 Å². The zero-order chi connectivity index (χ0) is 18.5. The van der Waals surface area contributed by atoms with E-state index in [0.717, 1.165) is 17.2 Å². The Morgan fingerprint density at radius 3 is 2.58 bits per heavy atom. The van der Waals surface area contributed by atoms with Gasteiger partial charge in [0.2, 0.25) is 5.91 Å². The lowest BCUT2D eigenvalue weighted by atomic mass is 10.1. The summed E-state index contributed by atoms with van der Waals surface area (Å²) in [6, 6.07) is 15.1. The van der Waals surface area contributed by atoms with Crippen molar-refractivity contribution in [3.05, 3.63) is 59.9 Å². The molecule has 2 aromatic carbocycles. The lowest BCUT2D eigenvalue weighted by molar-refractivity contribution is -0.116. The van der Waals surface area contributed by atoms with Crippen molar-refractivity contribution in [1.82, 2.24) is 10.1 Å². The van der Waals surface area contributed by atoms with Crippen LogP contribution in [0.4, 0.5) is 5.82 Å². The number of benzene rings is 2. The summed E-state index contributed by atoms with van der Waals surface area (Å²) in [6.45, 7) is 4.18. The molecule has 0 aliphatic heterocycles. The standard InChI is InChI=1S/C20H21N3O3/c1-3-10-23(13-19(24)21-18-11-14(2)26-22-18)20(25)17-9-8-15-6-4-5-7-16(15)12-17/h4-9,11-12H,3,10,13H2,1-2H3,(H,21,22,24). The van der Waals surface area contributed by atoms with Crippen molar-refractivity contribution < 1.29 is 14.1 Å². The number of fused-ring (bicyclic) bond motifs is 1. The summed E-state index contributed by atoms with van der Waals surface area (Å²) in [6.07, 6.45) is 0.760. The third-order valence-corrected chi connectivity index (χ3v) is 4.01. The summed E-state index contributed by atoms with van der Waals surface area (Å²) < 4.78 is 4.93. The second-order valence-corrected chi connectivity index (χ2v) is 6.16. The summed E-state index contributed by atoms with van der Waals surface area (Å²) in [5.41, 5.74) is 0.572. The zero-order valence-electron chi connectivity index (χ0n) is 14.9. The molecular formula is C20H21N3O3. The first-order valence-corrected chi connectivity index (χ1v) is 8.58. The minimum absolute atomic E-state index is 0.0363. The predicted octanol–water partition coefficient (Wildman–Crippen LogP) is 3.63. The molecule has 3 rings (SSSR count). The second-order valence-electron chi connectivity index (χ2n) is 6.16. The van der Waals surface area contributed by atoms with Gasteiger partial charge in [0.25, 0.3) is 5.91 Å². The molecule has 0 saturated heterocycles. The molecule has 0 radical (unpaired) electrons. The molecule has 0 aliphatic rings. The quantitative estimate of drug-likeness (QED) is 0.736. The predicted molar refractivity (Wildman–Crippen MR) is 100 cm³/mol. The number of hydrogen-bond acceptors (Lipinski definition) is 4. The minimum atomic E-state index is -0.305. The molecule has 0 aliphatic carbocycles. The molecule has 1 heterocycles. The normalized spacial score (nSPS) is 10.7. The average Bonchev–Trinajstić information content (AvgIpc) is 3.05. The number of hydrogen-bond donors (Lipinski definition) is 1. The molecule has 0 spiro atoms. The number of nitrogens with zero attached hydrogens (tertiary/aromatic N) is 2. The van der Waals surface area contributed by atoms with E-state index < -0.39 is 0 Å². The Labute approximate surface area is 151 Å². The highest BCUT2D eigenvalue weighted by Crippen LogP contribution is 2.17. The smallest absolute Gasteiger partial charge is 0.254 e. The Kier molecular flexibility index (Phi) is 5.31. The van der Waals surface area contributed by atoms with Crippen molar-refractivity contribution in [1.29, 1.82) is 0 Å². The summed E-state index contributed by atoms with van der Waals surface area (Å²) in [4.78, 5) is 26.7. The van der Waals surface area contributed by atoms with Gasteiger partial charge in [-0.15, -0.1) is 0 Å². The van der Waals surface area contributed by atoms with Crippen molar-refractivity contribution >= 4 is 28.4 Å². The van der Waals surface area contributed by atoms with Crippen LogP contribution in [0, 0.1) is 6.92 Å². The third-order valence-electron chi connectivity index (χ3n) is 4.01. The number of rotatable bonds is 6. The lowest BCUT2D eigenvalue weighted by Gasteiger charge is -2.21. The van der Waals surface area contributed by atoms with Gasteiger partial charge in [0.1, 0.15) is 12.3 Å². The highest BCUT2D eigenvalue weighted by molar-refractivity contribution is 6.01. The van der Waals surface area contributed by atoms with E-state index in [9.17, 15) is 9.59 Å². The van der Waals surface area contributed by atoms with Crippen LogP contribution in [0.3, 0.4) is 0 Å². The van der Waals surface area contributed by atoms with Gasteiger partial charge in [-0.1, -0.05) is 42.4 Å². The lowest BCUT2D eigenvalue weighted by Crippen LogP contribution is -2.38. The Balaban J connectivity index is 1.74. The molecule has 6 heteroatoms. The maximum absolute atomic E-state index is 12.9.